The molecule has 0 aliphatic rings. The van der Waals surface area contributed by atoms with E-state index in [0.29, 0.717) is 11.5 Å². The van der Waals surface area contributed by atoms with E-state index in [9.17, 15) is 9.18 Å². The van der Waals surface area contributed by atoms with Crippen LogP contribution in [0.2, 0.25) is 0 Å². The zero-order chi connectivity index (χ0) is 14.8. The molecule has 3 aromatic rings. The third-order valence-corrected chi connectivity index (χ3v) is 3.94. The molecule has 4 nitrogen and oxygen atoms in total. The second-order valence-electron chi connectivity index (χ2n) is 4.43. The normalized spacial score (nSPS) is 10.6. The number of thiophene rings is 1. The number of benzene rings is 1. The zero-order valence-electron chi connectivity index (χ0n) is 11.2. The molecule has 0 fully saturated rings. The molecule has 0 aliphatic carbocycles. The van der Waals surface area contributed by atoms with Gasteiger partial charge in [0.1, 0.15) is 11.6 Å². The number of carbonyl (C=O) groups excluding carboxylic acids is 1. The first-order chi connectivity index (χ1) is 10.2. The molecule has 3 rings (SSSR count). The molecule has 0 bridgehead atoms. The maximum Gasteiger partial charge on any atom is 0.259 e. The Morgan fingerprint density at radius 3 is 2.95 bits per heavy atom. The quantitative estimate of drug-likeness (QED) is 0.775. The van der Waals surface area contributed by atoms with Crippen molar-refractivity contribution < 1.29 is 9.18 Å². The van der Waals surface area contributed by atoms with Gasteiger partial charge in [-0.1, -0.05) is 0 Å². The van der Waals surface area contributed by atoms with Crippen LogP contribution >= 0.6 is 11.3 Å². The first kappa shape index (κ1) is 13.5. The highest BCUT2D eigenvalue weighted by Crippen LogP contribution is 2.24. The number of carbonyl (C=O) groups is 1. The van der Waals surface area contributed by atoms with Crippen LogP contribution in [0.1, 0.15) is 10.4 Å². The zero-order valence-corrected chi connectivity index (χ0v) is 12.0. The molecule has 0 aliphatic heterocycles. The van der Waals surface area contributed by atoms with E-state index in [1.54, 1.807) is 18.4 Å². The molecule has 0 radical (unpaired) electrons. The molecule has 1 amide bonds. The highest BCUT2D eigenvalue weighted by Gasteiger charge is 2.13. The summed E-state index contributed by atoms with van der Waals surface area (Å²) in [7, 11) is 1.63. The Hall–Kier alpha value is -2.47. The van der Waals surface area contributed by atoms with Crippen molar-refractivity contribution in [2.45, 2.75) is 0 Å². The summed E-state index contributed by atoms with van der Waals surface area (Å²) < 4.78 is 14.4. The van der Waals surface area contributed by atoms with Crippen LogP contribution in [0.25, 0.3) is 10.1 Å². The largest absolute Gasteiger partial charge is 0.372 e. The highest BCUT2D eigenvalue weighted by molar-refractivity contribution is 7.17. The topological polar surface area (TPSA) is 54.0 Å². The van der Waals surface area contributed by atoms with Crippen molar-refractivity contribution in [3.63, 3.8) is 0 Å². The van der Waals surface area contributed by atoms with Crippen LogP contribution in [0.3, 0.4) is 0 Å². The number of fused-ring (bicyclic) bond motifs is 1. The summed E-state index contributed by atoms with van der Waals surface area (Å²) in [6.45, 7) is 0. The van der Waals surface area contributed by atoms with Crippen molar-refractivity contribution in [1.82, 2.24) is 4.98 Å². The monoisotopic (exact) mass is 301 g/mol. The van der Waals surface area contributed by atoms with Crippen molar-refractivity contribution in [3.05, 3.63) is 53.3 Å². The van der Waals surface area contributed by atoms with Crippen LogP contribution in [0.5, 0.6) is 0 Å². The molecule has 0 saturated heterocycles. The molecule has 0 atom stereocenters. The van der Waals surface area contributed by atoms with Gasteiger partial charge in [0.2, 0.25) is 0 Å². The fourth-order valence-corrected chi connectivity index (χ4v) is 2.83. The highest BCUT2D eigenvalue weighted by atomic mass is 32.1. The van der Waals surface area contributed by atoms with Gasteiger partial charge in [-0.05, 0) is 41.1 Å². The molecule has 1 aromatic carbocycles. The van der Waals surface area contributed by atoms with Crippen LogP contribution in [0.15, 0.2) is 41.9 Å². The van der Waals surface area contributed by atoms with Gasteiger partial charge in [-0.25, -0.2) is 9.37 Å². The Morgan fingerprint density at radius 1 is 1.29 bits per heavy atom. The van der Waals surface area contributed by atoms with Crippen LogP contribution in [0.4, 0.5) is 15.9 Å². The number of anilines is 2. The number of nitrogens with zero attached hydrogens (tertiary/aromatic N) is 1. The van der Waals surface area contributed by atoms with E-state index in [4.69, 9.17) is 0 Å². The second kappa shape index (κ2) is 5.49. The molecule has 2 heterocycles. The van der Waals surface area contributed by atoms with Gasteiger partial charge in [-0.2, -0.15) is 0 Å². The van der Waals surface area contributed by atoms with Crippen molar-refractivity contribution >= 4 is 38.8 Å². The lowest BCUT2D eigenvalue weighted by atomic mass is 10.2. The number of nitrogens with one attached hydrogen (secondary N) is 2. The Morgan fingerprint density at radius 2 is 2.14 bits per heavy atom. The minimum Gasteiger partial charge on any atom is -0.372 e. The van der Waals surface area contributed by atoms with Crippen LogP contribution < -0.4 is 10.6 Å². The van der Waals surface area contributed by atoms with E-state index >= 15 is 0 Å². The lowest BCUT2D eigenvalue weighted by Crippen LogP contribution is -2.15. The number of hydrogen-bond donors (Lipinski definition) is 2. The molecule has 21 heavy (non-hydrogen) atoms. The summed E-state index contributed by atoms with van der Waals surface area (Å²) in [5.41, 5.74) is 0.833. The Kier molecular flexibility index (Phi) is 3.53. The summed E-state index contributed by atoms with van der Waals surface area (Å²) in [5.74, 6) is -0.612. The van der Waals surface area contributed by atoms with E-state index in [1.165, 1.54) is 0 Å². The SMILES string of the molecule is CNc1ncc(F)cc1C(=O)Nc1ccc2sccc2c1. The Balaban J connectivity index is 1.90. The standard InChI is InChI=1S/C15H12FN3OS/c1-17-14-12(7-10(16)8-18-14)15(20)19-11-2-3-13-9(6-11)4-5-21-13/h2-8H,1H3,(H,17,18)(H,19,20). The van der Waals surface area contributed by atoms with E-state index in [0.717, 1.165) is 22.3 Å². The van der Waals surface area contributed by atoms with Gasteiger partial charge in [0.15, 0.2) is 0 Å². The van der Waals surface area contributed by atoms with Crippen molar-refractivity contribution in [2.75, 3.05) is 17.7 Å². The van der Waals surface area contributed by atoms with E-state index in [1.807, 2.05) is 29.6 Å². The van der Waals surface area contributed by atoms with Crippen molar-refractivity contribution in [3.8, 4) is 0 Å². The lowest BCUT2D eigenvalue weighted by molar-refractivity contribution is 0.102. The van der Waals surface area contributed by atoms with Gasteiger partial charge in [-0.3, -0.25) is 4.79 Å². The van der Waals surface area contributed by atoms with Gasteiger partial charge in [0, 0.05) is 17.4 Å². The van der Waals surface area contributed by atoms with E-state index in [-0.39, 0.29) is 5.56 Å². The third kappa shape index (κ3) is 2.71. The lowest BCUT2D eigenvalue weighted by Gasteiger charge is -2.09. The molecule has 2 aromatic heterocycles. The second-order valence-corrected chi connectivity index (χ2v) is 5.37. The molecular formula is C15H12FN3OS. The van der Waals surface area contributed by atoms with Crippen LogP contribution in [0, 0.1) is 5.82 Å². The number of halogens is 1. The average molecular weight is 301 g/mol. The van der Waals surface area contributed by atoms with Gasteiger partial charge >= 0.3 is 0 Å². The summed E-state index contributed by atoms with van der Waals surface area (Å²) in [6.07, 6.45) is 1.07. The van der Waals surface area contributed by atoms with Crippen molar-refractivity contribution in [1.29, 1.82) is 0 Å². The number of aromatic nitrogens is 1. The van der Waals surface area contributed by atoms with E-state index in [2.05, 4.69) is 15.6 Å². The van der Waals surface area contributed by atoms with Gasteiger partial charge < -0.3 is 10.6 Å². The Bertz CT molecular complexity index is 816. The Labute approximate surface area is 124 Å². The van der Waals surface area contributed by atoms with Crippen molar-refractivity contribution in [2.24, 2.45) is 0 Å². The maximum atomic E-state index is 13.3. The summed E-state index contributed by atoms with van der Waals surface area (Å²) >= 11 is 1.64. The number of hydrogen-bond acceptors (Lipinski definition) is 4. The number of rotatable bonds is 3. The maximum absolute atomic E-state index is 13.3. The van der Waals surface area contributed by atoms with Gasteiger partial charge in [0.05, 0.1) is 11.8 Å². The predicted octanol–water partition coefficient (Wildman–Crippen LogP) is 3.73. The minimum atomic E-state index is -0.549. The molecule has 6 heteroatoms. The predicted molar refractivity (Wildman–Crippen MR) is 83.5 cm³/mol. The molecule has 2 N–H and O–H groups in total. The average Bonchev–Trinajstić information content (AvgIpc) is 2.94. The smallest absolute Gasteiger partial charge is 0.259 e. The molecule has 106 valence electrons. The minimum absolute atomic E-state index is 0.169. The number of pyridine rings is 1. The molecule has 0 spiro atoms. The first-order valence-electron chi connectivity index (χ1n) is 6.29. The fraction of sp³-hybridized carbons (Fsp3) is 0.0667. The van der Waals surface area contributed by atoms with Crippen LogP contribution in [-0.4, -0.2) is 17.9 Å². The van der Waals surface area contributed by atoms with Gasteiger partial charge in [0.25, 0.3) is 5.91 Å². The van der Waals surface area contributed by atoms with Crippen LogP contribution in [-0.2, 0) is 0 Å². The summed E-state index contributed by atoms with van der Waals surface area (Å²) in [6, 6.07) is 8.80. The number of amides is 1. The molecule has 0 saturated carbocycles. The summed E-state index contributed by atoms with van der Waals surface area (Å²) in [5, 5.41) is 8.59. The van der Waals surface area contributed by atoms with Gasteiger partial charge in [-0.15, -0.1) is 11.3 Å². The van der Waals surface area contributed by atoms with E-state index < -0.39 is 11.7 Å². The first-order valence-corrected chi connectivity index (χ1v) is 7.17. The third-order valence-electron chi connectivity index (χ3n) is 3.05. The fourth-order valence-electron chi connectivity index (χ4n) is 2.05. The summed E-state index contributed by atoms with van der Waals surface area (Å²) in [4.78, 5) is 16.1. The molecule has 0 unspecified atom stereocenters. The molecular weight excluding hydrogens is 289 g/mol.